The Labute approximate surface area is 120 Å². The van der Waals surface area contributed by atoms with Crippen LogP contribution in [0.25, 0.3) is 0 Å². The number of hydrazone groups is 1. The standard InChI is InChI=1S/C15H13FN2OS/c1-20-12-8-6-11(7-9-12)10-17-18-15(19)13-4-2-3-5-14(13)16/h2-10H,1H3,(H,18,19)/b17-10+. The second-order valence-electron chi connectivity index (χ2n) is 3.95. The Morgan fingerprint density at radius 2 is 1.90 bits per heavy atom. The van der Waals surface area contributed by atoms with Crippen molar-refractivity contribution in [2.24, 2.45) is 5.10 Å². The normalized spacial score (nSPS) is 10.7. The fraction of sp³-hybridized carbons (Fsp3) is 0.0667. The molecule has 0 saturated heterocycles. The van der Waals surface area contributed by atoms with Gasteiger partial charge in [-0.05, 0) is 36.1 Å². The van der Waals surface area contributed by atoms with Crippen LogP contribution in [0.1, 0.15) is 15.9 Å². The molecule has 0 aliphatic heterocycles. The molecule has 0 saturated carbocycles. The smallest absolute Gasteiger partial charge is 0.267 e. The second-order valence-corrected chi connectivity index (χ2v) is 4.83. The lowest BCUT2D eigenvalue weighted by Crippen LogP contribution is -2.18. The molecule has 2 aromatic rings. The summed E-state index contributed by atoms with van der Waals surface area (Å²) >= 11 is 1.65. The number of benzene rings is 2. The monoisotopic (exact) mass is 288 g/mol. The zero-order valence-electron chi connectivity index (χ0n) is 10.8. The molecular weight excluding hydrogens is 275 g/mol. The molecule has 0 aromatic heterocycles. The number of carbonyl (C=O) groups is 1. The van der Waals surface area contributed by atoms with Crippen LogP contribution in [0.4, 0.5) is 4.39 Å². The molecule has 2 rings (SSSR count). The number of thioether (sulfide) groups is 1. The van der Waals surface area contributed by atoms with Gasteiger partial charge in [0.15, 0.2) is 0 Å². The predicted molar refractivity (Wildman–Crippen MR) is 79.7 cm³/mol. The molecule has 0 heterocycles. The van der Waals surface area contributed by atoms with Gasteiger partial charge in [-0.3, -0.25) is 4.79 Å². The average Bonchev–Trinajstić information content (AvgIpc) is 2.48. The maximum atomic E-state index is 13.4. The Hall–Kier alpha value is -2.14. The minimum absolute atomic E-state index is 0.0256. The van der Waals surface area contributed by atoms with Gasteiger partial charge in [0, 0.05) is 4.90 Å². The van der Waals surface area contributed by atoms with Crippen molar-refractivity contribution >= 4 is 23.9 Å². The van der Waals surface area contributed by atoms with Crippen LogP contribution in [0.3, 0.4) is 0 Å². The van der Waals surface area contributed by atoms with Gasteiger partial charge < -0.3 is 0 Å². The summed E-state index contributed by atoms with van der Waals surface area (Å²) in [5.41, 5.74) is 3.13. The number of hydrogen-bond donors (Lipinski definition) is 1. The number of nitrogens with zero attached hydrogens (tertiary/aromatic N) is 1. The van der Waals surface area contributed by atoms with Crippen molar-refractivity contribution in [2.75, 3.05) is 6.26 Å². The summed E-state index contributed by atoms with van der Waals surface area (Å²) in [5, 5.41) is 3.82. The SMILES string of the molecule is CSc1ccc(/C=N/NC(=O)c2ccccc2F)cc1. The van der Waals surface area contributed by atoms with Gasteiger partial charge in [0.25, 0.3) is 5.91 Å². The van der Waals surface area contributed by atoms with Crippen LogP contribution in [0, 0.1) is 5.82 Å². The summed E-state index contributed by atoms with van der Waals surface area (Å²) in [7, 11) is 0. The largest absolute Gasteiger partial charge is 0.274 e. The Morgan fingerprint density at radius 1 is 1.20 bits per heavy atom. The first-order chi connectivity index (χ1) is 9.70. The third kappa shape index (κ3) is 3.68. The fourth-order valence-electron chi connectivity index (χ4n) is 1.56. The van der Waals surface area contributed by atoms with Crippen LogP contribution in [-0.4, -0.2) is 18.4 Å². The first-order valence-electron chi connectivity index (χ1n) is 5.92. The van der Waals surface area contributed by atoms with Crippen molar-refractivity contribution in [3.63, 3.8) is 0 Å². The van der Waals surface area contributed by atoms with E-state index in [1.807, 2.05) is 30.5 Å². The highest BCUT2D eigenvalue weighted by atomic mass is 32.2. The average molecular weight is 288 g/mol. The van der Waals surface area contributed by atoms with Gasteiger partial charge in [-0.15, -0.1) is 11.8 Å². The lowest BCUT2D eigenvalue weighted by Gasteiger charge is -2.01. The molecule has 1 N–H and O–H groups in total. The van der Waals surface area contributed by atoms with E-state index < -0.39 is 11.7 Å². The van der Waals surface area contributed by atoms with Gasteiger partial charge in [0.2, 0.25) is 0 Å². The van der Waals surface area contributed by atoms with Crippen molar-refractivity contribution in [3.05, 3.63) is 65.5 Å². The van der Waals surface area contributed by atoms with Crippen molar-refractivity contribution in [2.45, 2.75) is 4.90 Å². The maximum Gasteiger partial charge on any atom is 0.274 e. The summed E-state index contributed by atoms with van der Waals surface area (Å²) in [6, 6.07) is 13.5. The Kier molecular flexibility index (Phi) is 4.90. The summed E-state index contributed by atoms with van der Waals surface area (Å²) < 4.78 is 13.4. The van der Waals surface area contributed by atoms with E-state index in [1.54, 1.807) is 17.8 Å². The van der Waals surface area contributed by atoms with E-state index in [0.29, 0.717) is 0 Å². The molecule has 3 nitrogen and oxygen atoms in total. The minimum atomic E-state index is -0.569. The van der Waals surface area contributed by atoms with Gasteiger partial charge >= 0.3 is 0 Å². The highest BCUT2D eigenvalue weighted by Crippen LogP contribution is 2.13. The number of rotatable bonds is 4. The zero-order chi connectivity index (χ0) is 14.4. The molecule has 20 heavy (non-hydrogen) atoms. The van der Waals surface area contributed by atoms with E-state index in [2.05, 4.69) is 10.5 Å². The first-order valence-corrected chi connectivity index (χ1v) is 7.15. The molecule has 0 fully saturated rings. The lowest BCUT2D eigenvalue weighted by molar-refractivity contribution is 0.0951. The number of hydrogen-bond acceptors (Lipinski definition) is 3. The molecular formula is C15H13FN2OS. The van der Waals surface area contributed by atoms with E-state index in [4.69, 9.17) is 0 Å². The highest BCUT2D eigenvalue weighted by Gasteiger charge is 2.08. The molecule has 0 radical (unpaired) electrons. The first kappa shape index (κ1) is 14.3. The molecule has 0 aliphatic carbocycles. The van der Waals surface area contributed by atoms with Crippen LogP contribution >= 0.6 is 11.8 Å². The highest BCUT2D eigenvalue weighted by molar-refractivity contribution is 7.98. The molecule has 0 aliphatic rings. The van der Waals surface area contributed by atoms with Crippen LogP contribution < -0.4 is 5.43 Å². The van der Waals surface area contributed by atoms with Gasteiger partial charge in [0.1, 0.15) is 5.82 Å². The van der Waals surface area contributed by atoms with Crippen LogP contribution in [-0.2, 0) is 0 Å². The maximum absolute atomic E-state index is 13.4. The molecule has 0 unspecified atom stereocenters. The fourth-order valence-corrected chi connectivity index (χ4v) is 1.97. The van der Waals surface area contributed by atoms with Crippen molar-refractivity contribution in [1.29, 1.82) is 0 Å². The third-order valence-electron chi connectivity index (χ3n) is 2.61. The Morgan fingerprint density at radius 3 is 2.55 bits per heavy atom. The Balaban J connectivity index is 1.99. The van der Waals surface area contributed by atoms with E-state index in [0.717, 1.165) is 10.5 Å². The van der Waals surface area contributed by atoms with Crippen LogP contribution in [0.2, 0.25) is 0 Å². The molecule has 2 aromatic carbocycles. The zero-order valence-corrected chi connectivity index (χ0v) is 11.7. The summed E-state index contributed by atoms with van der Waals surface area (Å²) in [5.74, 6) is -1.13. The lowest BCUT2D eigenvalue weighted by atomic mass is 10.2. The van der Waals surface area contributed by atoms with E-state index >= 15 is 0 Å². The Bertz CT molecular complexity index is 626. The number of amides is 1. The van der Waals surface area contributed by atoms with E-state index in [-0.39, 0.29) is 5.56 Å². The molecule has 5 heteroatoms. The molecule has 1 amide bonds. The van der Waals surface area contributed by atoms with Crippen molar-refractivity contribution in [3.8, 4) is 0 Å². The van der Waals surface area contributed by atoms with Gasteiger partial charge in [-0.1, -0.05) is 24.3 Å². The third-order valence-corrected chi connectivity index (χ3v) is 3.36. The molecule has 0 bridgehead atoms. The quantitative estimate of drug-likeness (QED) is 0.533. The van der Waals surface area contributed by atoms with E-state index in [9.17, 15) is 9.18 Å². The summed E-state index contributed by atoms with van der Waals surface area (Å²) in [4.78, 5) is 12.8. The van der Waals surface area contributed by atoms with Crippen LogP contribution in [0.5, 0.6) is 0 Å². The predicted octanol–water partition coefficient (Wildman–Crippen LogP) is 3.31. The second kappa shape index (κ2) is 6.86. The summed E-state index contributed by atoms with van der Waals surface area (Å²) in [6.45, 7) is 0. The number of nitrogens with one attached hydrogen (secondary N) is 1. The number of halogens is 1. The minimum Gasteiger partial charge on any atom is -0.267 e. The molecule has 102 valence electrons. The summed E-state index contributed by atoms with van der Waals surface area (Å²) in [6.07, 6.45) is 3.51. The van der Waals surface area contributed by atoms with Gasteiger partial charge in [0.05, 0.1) is 11.8 Å². The van der Waals surface area contributed by atoms with Crippen LogP contribution in [0.15, 0.2) is 58.5 Å². The molecule has 0 spiro atoms. The van der Waals surface area contributed by atoms with E-state index in [1.165, 1.54) is 24.4 Å². The van der Waals surface area contributed by atoms with Gasteiger partial charge in [-0.2, -0.15) is 5.10 Å². The molecule has 0 atom stereocenters. The van der Waals surface area contributed by atoms with Gasteiger partial charge in [-0.25, -0.2) is 9.82 Å². The number of carbonyl (C=O) groups excluding carboxylic acids is 1. The topological polar surface area (TPSA) is 41.5 Å². The van der Waals surface area contributed by atoms with Crippen molar-refractivity contribution < 1.29 is 9.18 Å². The van der Waals surface area contributed by atoms with Crippen molar-refractivity contribution in [1.82, 2.24) is 5.43 Å².